The van der Waals surface area contributed by atoms with Crippen molar-refractivity contribution >= 4 is 0 Å². The first-order valence-electron chi connectivity index (χ1n) is 7.76. The highest BCUT2D eigenvalue weighted by molar-refractivity contribution is 5.29. The summed E-state index contributed by atoms with van der Waals surface area (Å²) in [7, 11) is 1.49. The van der Waals surface area contributed by atoms with E-state index in [0.717, 1.165) is 30.5 Å². The van der Waals surface area contributed by atoms with Crippen LogP contribution in [0.25, 0.3) is 0 Å². The summed E-state index contributed by atoms with van der Waals surface area (Å²) in [4.78, 5) is 0. The Morgan fingerprint density at radius 2 is 1.90 bits per heavy atom. The quantitative estimate of drug-likeness (QED) is 0.845. The Hall–Kier alpha value is -1.09. The number of halogens is 1. The molecule has 112 valence electrons. The summed E-state index contributed by atoms with van der Waals surface area (Å²) >= 11 is 0. The number of hydrogen-bond donors (Lipinski definition) is 1. The molecule has 1 aliphatic rings. The van der Waals surface area contributed by atoms with E-state index in [-0.39, 0.29) is 5.82 Å². The van der Waals surface area contributed by atoms with Crippen LogP contribution in [0, 0.1) is 17.7 Å². The van der Waals surface area contributed by atoms with E-state index in [4.69, 9.17) is 4.74 Å². The zero-order valence-corrected chi connectivity index (χ0v) is 12.6. The summed E-state index contributed by atoms with van der Waals surface area (Å²) < 4.78 is 18.5. The summed E-state index contributed by atoms with van der Waals surface area (Å²) in [6.07, 6.45) is 6.75. The maximum atomic E-state index is 13.6. The number of ether oxygens (including phenoxy) is 1. The molecule has 1 aliphatic carbocycles. The van der Waals surface area contributed by atoms with Crippen LogP contribution in [0.1, 0.15) is 44.6 Å². The van der Waals surface area contributed by atoms with E-state index in [0.29, 0.717) is 5.75 Å². The van der Waals surface area contributed by atoms with E-state index in [1.165, 1.54) is 39.2 Å². The molecule has 0 spiro atoms. The van der Waals surface area contributed by atoms with Gasteiger partial charge in [-0.2, -0.15) is 0 Å². The summed E-state index contributed by atoms with van der Waals surface area (Å²) in [5.74, 6) is 1.77. The Morgan fingerprint density at radius 1 is 1.20 bits per heavy atom. The fraction of sp³-hybridized carbons (Fsp3) is 0.647. The van der Waals surface area contributed by atoms with E-state index in [1.807, 2.05) is 6.07 Å². The van der Waals surface area contributed by atoms with Gasteiger partial charge in [0.1, 0.15) is 0 Å². The van der Waals surface area contributed by atoms with E-state index >= 15 is 0 Å². The van der Waals surface area contributed by atoms with Gasteiger partial charge in [-0.1, -0.05) is 32.3 Å². The Morgan fingerprint density at radius 3 is 2.50 bits per heavy atom. The van der Waals surface area contributed by atoms with Gasteiger partial charge in [-0.05, 0) is 48.9 Å². The maximum absolute atomic E-state index is 13.6. The van der Waals surface area contributed by atoms with Crippen LogP contribution in [0.5, 0.6) is 5.75 Å². The van der Waals surface area contributed by atoms with Crippen molar-refractivity contribution in [3.05, 3.63) is 29.6 Å². The second kappa shape index (κ2) is 7.63. The first-order chi connectivity index (χ1) is 9.72. The molecule has 1 fully saturated rings. The van der Waals surface area contributed by atoms with Crippen molar-refractivity contribution in [3.8, 4) is 5.75 Å². The number of hydrogen-bond acceptors (Lipinski definition) is 2. The van der Waals surface area contributed by atoms with Gasteiger partial charge in [0.25, 0.3) is 0 Å². The summed E-state index contributed by atoms with van der Waals surface area (Å²) in [6.45, 7) is 4.07. The Bertz CT molecular complexity index is 413. The van der Waals surface area contributed by atoms with Gasteiger partial charge in [0.15, 0.2) is 11.6 Å². The molecule has 0 atom stereocenters. The van der Waals surface area contributed by atoms with Crippen molar-refractivity contribution in [1.29, 1.82) is 0 Å². The molecule has 0 saturated heterocycles. The van der Waals surface area contributed by atoms with Crippen LogP contribution < -0.4 is 10.1 Å². The second-order valence-electron chi connectivity index (χ2n) is 5.89. The average molecular weight is 279 g/mol. The van der Waals surface area contributed by atoms with Crippen LogP contribution >= 0.6 is 0 Å². The molecular formula is C17H26FNO. The van der Waals surface area contributed by atoms with Crippen LogP contribution in [0.3, 0.4) is 0 Å². The van der Waals surface area contributed by atoms with Crippen molar-refractivity contribution in [3.63, 3.8) is 0 Å². The molecule has 2 rings (SSSR count). The van der Waals surface area contributed by atoms with Crippen LogP contribution in [-0.4, -0.2) is 13.7 Å². The minimum absolute atomic E-state index is 0.282. The first kappa shape index (κ1) is 15.3. The van der Waals surface area contributed by atoms with Crippen LogP contribution in [0.4, 0.5) is 4.39 Å². The van der Waals surface area contributed by atoms with E-state index in [9.17, 15) is 4.39 Å². The van der Waals surface area contributed by atoms with Gasteiger partial charge in [-0.3, -0.25) is 0 Å². The third-order valence-corrected chi connectivity index (χ3v) is 4.52. The van der Waals surface area contributed by atoms with Gasteiger partial charge in [-0.25, -0.2) is 4.39 Å². The molecule has 3 heteroatoms. The Balaban J connectivity index is 1.72. The zero-order valence-electron chi connectivity index (χ0n) is 12.6. The highest BCUT2D eigenvalue weighted by atomic mass is 19.1. The van der Waals surface area contributed by atoms with Crippen molar-refractivity contribution < 1.29 is 9.13 Å². The minimum atomic E-state index is -0.282. The van der Waals surface area contributed by atoms with E-state index in [1.54, 1.807) is 12.1 Å². The van der Waals surface area contributed by atoms with Gasteiger partial charge >= 0.3 is 0 Å². The maximum Gasteiger partial charge on any atom is 0.165 e. The molecule has 0 bridgehead atoms. The molecule has 1 aromatic carbocycles. The molecular weight excluding hydrogens is 253 g/mol. The van der Waals surface area contributed by atoms with Crippen LogP contribution in [0.15, 0.2) is 18.2 Å². The molecule has 1 aromatic rings. The molecule has 0 heterocycles. The van der Waals surface area contributed by atoms with Gasteiger partial charge in [0, 0.05) is 6.54 Å². The highest BCUT2D eigenvalue weighted by Crippen LogP contribution is 2.30. The standard InChI is InChI=1S/C17H26FNO/c1-3-13-4-6-14(7-5-13)11-19-12-15-8-9-17(20-2)16(18)10-15/h8-10,13-14,19H,3-7,11-12H2,1-2H3. The SMILES string of the molecule is CCC1CCC(CNCc2ccc(OC)c(F)c2)CC1. The van der Waals surface area contributed by atoms with Crippen LogP contribution in [0.2, 0.25) is 0 Å². The van der Waals surface area contributed by atoms with Crippen molar-refractivity contribution in [2.45, 2.75) is 45.6 Å². The third kappa shape index (κ3) is 4.20. The van der Waals surface area contributed by atoms with Gasteiger partial charge in [0.05, 0.1) is 7.11 Å². The lowest BCUT2D eigenvalue weighted by atomic mass is 9.81. The largest absolute Gasteiger partial charge is 0.494 e. The predicted octanol–water partition coefficient (Wildman–Crippen LogP) is 4.14. The molecule has 20 heavy (non-hydrogen) atoms. The van der Waals surface area contributed by atoms with Crippen molar-refractivity contribution in [1.82, 2.24) is 5.32 Å². The summed E-state index contributed by atoms with van der Waals surface area (Å²) in [5, 5.41) is 3.46. The lowest BCUT2D eigenvalue weighted by Crippen LogP contribution is -2.26. The molecule has 0 aromatic heterocycles. The highest BCUT2D eigenvalue weighted by Gasteiger charge is 2.19. The fourth-order valence-corrected chi connectivity index (χ4v) is 3.08. The smallest absolute Gasteiger partial charge is 0.165 e. The third-order valence-electron chi connectivity index (χ3n) is 4.52. The second-order valence-corrected chi connectivity index (χ2v) is 5.89. The minimum Gasteiger partial charge on any atom is -0.494 e. The fourth-order valence-electron chi connectivity index (χ4n) is 3.08. The molecule has 0 aliphatic heterocycles. The topological polar surface area (TPSA) is 21.3 Å². The molecule has 2 nitrogen and oxygen atoms in total. The number of nitrogens with one attached hydrogen (secondary N) is 1. The van der Waals surface area contributed by atoms with Gasteiger partial charge in [0.2, 0.25) is 0 Å². The first-order valence-corrected chi connectivity index (χ1v) is 7.76. The van der Waals surface area contributed by atoms with Crippen LogP contribution in [-0.2, 0) is 6.54 Å². The number of methoxy groups -OCH3 is 1. The molecule has 0 unspecified atom stereocenters. The molecule has 1 N–H and O–H groups in total. The molecule has 0 amide bonds. The number of benzene rings is 1. The summed E-state index contributed by atoms with van der Waals surface area (Å²) in [6, 6.07) is 5.17. The normalized spacial score (nSPS) is 22.8. The van der Waals surface area contributed by atoms with Gasteiger partial charge in [-0.15, -0.1) is 0 Å². The lowest BCUT2D eigenvalue weighted by Gasteiger charge is -2.27. The monoisotopic (exact) mass is 279 g/mol. The van der Waals surface area contributed by atoms with Crippen molar-refractivity contribution in [2.75, 3.05) is 13.7 Å². The lowest BCUT2D eigenvalue weighted by molar-refractivity contribution is 0.262. The van der Waals surface area contributed by atoms with E-state index in [2.05, 4.69) is 12.2 Å². The van der Waals surface area contributed by atoms with E-state index < -0.39 is 0 Å². The zero-order chi connectivity index (χ0) is 14.4. The van der Waals surface area contributed by atoms with Gasteiger partial charge < -0.3 is 10.1 Å². The molecule has 0 radical (unpaired) electrons. The Labute approximate surface area is 121 Å². The predicted molar refractivity (Wildman–Crippen MR) is 80.4 cm³/mol. The molecule has 1 saturated carbocycles. The summed E-state index contributed by atoms with van der Waals surface area (Å²) in [5.41, 5.74) is 0.977. The average Bonchev–Trinajstić information content (AvgIpc) is 2.48. The number of rotatable bonds is 6. The van der Waals surface area contributed by atoms with Crippen molar-refractivity contribution in [2.24, 2.45) is 11.8 Å². The Kier molecular flexibility index (Phi) is 5.84.